The summed E-state index contributed by atoms with van der Waals surface area (Å²) in [6, 6.07) is 15.1. The van der Waals surface area contributed by atoms with Crippen LogP contribution in [0.25, 0.3) is 0 Å². The first-order valence-electron chi connectivity index (χ1n) is 8.62. The maximum Gasteiger partial charge on any atom is 0.251 e. The first kappa shape index (κ1) is 18.6. The second-order valence-electron chi connectivity index (χ2n) is 6.52. The van der Waals surface area contributed by atoms with Crippen molar-refractivity contribution in [2.45, 2.75) is 17.9 Å². The fraction of sp³-hybridized carbons (Fsp3) is 0.316. The lowest BCUT2D eigenvalue weighted by Crippen LogP contribution is -2.48. The van der Waals surface area contributed by atoms with E-state index in [-0.39, 0.29) is 16.8 Å². The van der Waals surface area contributed by atoms with Crippen LogP contribution in [0.3, 0.4) is 0 Å². The predicted molar refractivity (Wildman–Crippen MR) is 100 cm³/mol. The van der Waals surface area contributed by atoms with Crippen LogP contribution in [0.2, 0.25) is 0 Å². The van der Waals surface area contributed by atoms with Crippen LogP contribution >= 0.6 is 0 Å². The molecule has 3 N–H and O–H groups in total. The smallest absolute Gasteiger partial charge is 0.251 e. The number of hydrogen-bond donors (Lipinski definition) is 3. The molecule has 0 bridgehead atoms. The van der Waals surface area contributed by atoms with Crippen LogP contribution in [0.1, 0.15) is 28.9 Å². The van der Waals surface area contributed by atoms with Gasteiger partial charge in [-0.15, -0.1) is 0 Å². The summed E-state index contributed by atoms with van der Waals surface area (Å²) in [5, 5.41) is 6.00. The topological polar surface area (TPSA) is 87.3 Å². The van der Waals surface area contributed by atoms with Gasteiger partial charge in [-0.2, -0.15) is 0 Å². The van der Waals surface area contributed by atoms with E-state index >= 15 is 0 Å². The van der Waals surface area contributed by atoms with Crippen LogP contribution in [-0.2, 0) is 10.0 Å². The zero-order chi connectivity index (χ0) is 18.6. The van der Waals surface area contributed by atoms with Gasteiger partial charge in [0, 0.05) is 37.2 Å². The van der Waals surface area contributed by atoms with Gasteiger partial charge in [0.2, 0.25) is 10.0 Å². The van der Waals surface area contributed by atoms with Gasteiger partial charge >= 0.3 is 0 Å². The van der Waals surface area contributed by atoms with Crippen LogP contribution in [0.5, 0.6) is 0 Å². The molecule has 6 nitrogen and oxygen atoms in total. The van der Waals surface area contributed by atoms with Crippen molar-refractivity contribution in [2.75, 3.05) is 19.6 Å². The van der Waals surface area contributed by atoms with Crippen LogP contribution in [0.4, 0.5) is 0 Å². The van der Waals surface area contributed by atoms with Gasteiger partial charge in [0.15, 0.2) is 0 Å². The molecule has 1 aliphatic rings. The van der Waals surface area contributed by atoms with Crippen molar-refractivity contribution < 1.29 is 13.2 Å². The first-order valence-corrected chi connectivity index (χ1v) is 10.1. The summed E-state index contributed by atoms with van der Waals surface area (Å²) in [6.07, 6.45) is 0. The maximum atomic E-state index is 12.7. The molecule has 0 spiro atoms. The molecule has 0 saturated carbocycles. The van der Waals surface area contributed by atoms with Crippen LogP contribution in [-0.4, -0.2) is 34.0 Å². The van der Waals surface area contributed by atoms with E-state index in [4.69, 9.17) is 0 Å². The summed E-state index contributed by atoms with van der Waals surface area (Å²) in [6.45, 7) is 4.17. The Morgan fingerprint density at radius 1 is 1.15 bits per heavy atom. The molecular weight excluding hydrogens is 350 g/mol. The average molecular weight is 373 g/mol. The highest BCUT2D eigenvalue weighted by Crippen LogP contribution is 2.17. The Balaban J connectivity index is 1.70. The zero-order valence-electron chi connectivity index (χ0n) is 14.6. The monoisotopic (exact) mass is 373 g/mol. The third-order valence-electron chi connectivity index (χ3n) is 4.46. The molecule has 1 amide bonds. The van der Waals surface area contributed by atoms with Gasteiger partial charge < -0.3 is 10.6 Å². The summed E-state index contributed by atoms with van der Waals surface area (Å²) < 4.78 is 28.0. The van der Waals surface area contributed by atoms with E-state index in [1.807, 2.05) is 30.3 Å². The van der Waals surface area contributed by atoms with E-state index in [9.17, 15) is 13.2 Å². The largest absolute Gasteiger partial charge is 0.352 e. The van der Waals surface area contributed by atoms with E-state index < -0.39 is 10.0 Å². The minimum absolute atomic E-state index is 0.0817. The summed E-state index contributed by atoms with van der Waals surface area (Å²) in [5.74, 6) is 0.185. The normalized spacial score (nSPS) is 15.9. The minimum Gasteiger partial charge on any atom is -0.352 e. The fourth-order valence-electron chi connectivity index (χ4n) is 2.75. The number of hydrogen-bond acceptors (Lipinski definition) is 4. The van der Waals surface area contributed by atoms with Crippen LogP contribution in [0.15, 0.2) is 59.5 Å². The molecule has 1 fully saturated rings. The van der Waals surface area contributed by atoms with Gasteiger partial charge in [-0.3, -0.25) is 4.79 Å². The quantitative estimate of drug-likeness (QED) is 0.689. The van der Waals surface area contributed by atoms with Gasteiger partial charge in [0.05, 0.1) is 4.90 Å². The summed E-state index contributed by atoms with van der Waals surface area (Å²) >= 11 is 0. The van der Waals surface area contributed by atoms with Crippen molar-refractivity contribution in [3.8, 4) is 0 Å². The molecular formula is C19H23N3O3S. The van der Waals surface area contributed by atoms with E-state index in [1.165, 1.54) is 12.1 Å². The molecule has 1 atom stereocenters. The Bertz CT molecular complexity index is 865. The minimum atomic E-state index is -3.73. The number of carbonyl (C=O) groups excluding carboxylic acids is 1. The molecule has 1 saturated heterocycles. The van der Waals surface area contributed by atoms with Crippen molar-refractivity contribution >= 4 is 15.9 Å². The van der Waals surface area contributed by atoms with Gasteiger partial charge in [-0.1, -0.05) is 36.4 Å². The van der Waals surface area contributed by atoms with Crippen molar-refractivity contribution in [1.29, 1.82) is 0 Å². The van der Waals surface area contributed by atoms with Gasteiger partial charge in [-0.05, 0) is 30.7 Å². The molecule has 1 aliphatic heterocycles. The van der Waals surface area contributed by atoms with E-state index in [0.29, 0.717) is 18.0 Å². The Morgan fingerprint density at radius 3 is 2.54 bits per heavy atom. The third-order valence-corrected chi connectivity index (χ3v) is 5.99. The number of nitrogens with one attached hydrogen (secondary N) is 3. The number of amides is 1. The molecule has 26 heavy (non-hydrogen) atoms. The molecule has 0 aliphatic carbocycles. The lowest BCUT2D eigenvalue weighted by atomic mass is 10.0. The number of rotatable bonds is 7. The van der Waals surface area contributed by atoms with E-state index in [2.05, 4.69) is 15.4 Å². The number of benzene rings is 2. The van der Waals surface area contributed by atoms with E-state index in [1.54, 1.807) is 19.1 Å². The van der Waals surface area contributed by atoms with Crippen LogP contribution < -0.4 is 15.4 Å². The van der Waals surface area contributed by atoms with Crippen LogP contribution in [0, 0.1) is 5.92 Å². The predicted octanol–water partition coefficient (Wildman–Crippen LogP) is 1.68. The van der Waals surface area contributed by atoms with Crippen molar-refractivity contribution in [1.82, 2.24) is 15.4 Å². The molecule has 0 aromatic heterocycles. The Morgan fingerprint density at radius 2 is 1.88 bits per heavy atom. The first-order chi connectivity index (χ1) is 12.5. The van der Waals surface area contributed by atoms with Crippen molar-refractivity contribution in [2.24, 2.45) is 5.92 Å². The zero-order valence-corrected chi connectivity index (χ0v) is 15.4. The highest BCUT2D eigenvalue weighted by atomic mass is 32.2. The fourth-order valence-corrected chi connectivity index (χ4v) is 4.02. The van der Waals surface area contributed by atoms with Gasteiger partial charge in [-0.25, -0.2) is 13.1 Å². The Labute approximate surface area is 154 Å². The standard InChI is InChI=1S/C19H23N3O3S/c1-14(16-6-3-2-4-7-16)22-26(24,25)18-9-5-8-17(10-18)19(23)21-13-15-11-20-12-15/h2-10,14-15,20,22H,11-13H2,1H3,(H,21,23). The number of sulfonamides is 1. The molecule has 138 valence electrons. The Hall–Kier alpha value is -2.22. The maximum absolute atomic E-state index is 12.7. The molecule has 3 rings (SSSR count). The molecule has 1 heterocycles. The van der Waals surface area contributed by atoms with Crippen molar-refractivity contribution in [3.05, 3.63) is 65.7 Å². The lowest BCUT2D eigenvalue weighted by Gasteiger charge is -2.27. The lowest BCUT2D eigenvalue weighted by molar-refractivity contribution is 0.0942. The van der Waals surface area contributed by atoms with E-state index in [0.717, 1.165) is 18.7 Å². The van der Waals surface area contributed by atoms with Gasteiger partial charge in [0.1, 0.15) is 0 Å². The Kier molecular flexibility index (Phi) is 5.70. The highest BCUT2D eigenvalue weighted by Gasteiger charge is 2.21. The highest BCUT2D eigenvalue weighted by molar-refractivity contribution is 7.89. The van der Waals surface area contributed by atoms with Gasteiger partial charge in [0.25, 0.3) is 5.91 Å². The second-order valence-corrected chi connectivity index (χ2v) is 8.23. The summed E-state index contributed by atoms with van der Waals surface area (Å²) in [4.78, 5) is 12.3. The third kappa shape index (κ3) is 4.49. The molecule has 0 radical (unpaired) electrons. The molecule has 2 aromatic carbocycles. The van der Waals surface area contributed by atoms with Crippen molar-refractivity contribution in [3.63, 3.8) is 0 Å². The second kappa shape index (κ2) is 7.99. The molecule has 7 heteroatoms. The molecule has 1 unspecified atom stereocenters. The molecule has 2 aromatic rings. The summed E-state index contributed by atoms with van der Waals surface area (Å²) in [7, 11) is -3.73. The average Bonchev–Trinajstić information content (AvgIpc) is 2.61. The summed E-state index contributed by atoms with van der Waals surface area (Å²) in [5.41, 5.74) is 1.21. The number of carbonyl (C=O) groups is 1. The SMILES string of the molecule is CC(NS(=O)(=O)c1cccc(C(=O)NCC2CNC2)c1)c1ccccc1.